The molecule has 9 heteroatoms. The molecule has 7 nitrogen and oxygen atoms in total. The van der Waals surface area contributed by atoms with E-state index in [1.807, 2.05) is 11.5 Å². The Labute approximate surface area is 209 Å². The largest absolute Gasteiger partial charge is 0.493 e. The minimum Gasteiger partial charge on any atom is -0.493 e. The molecule has 1 aromatic heterocycles. The van der Waals surface area contributed by atoms with Crippen molar-refractivity contribution < 1.29 is 28.2 Å². The quantitative estimate of drug-likeness (QED) is 0.219. The number of allylic oxidation sites excluding steroid dienone is 1. The summed E-state index contributed by atoms with van der Waals surface area (Å²) in [4.78, 5) is 25.1. The number of carbonyl (C=O) groups excluding carboxylic acids is 2. The summed E-state index contributed by atoms with van der Waals surface area (Å²) in [5, 5.41) is 4.41. The number of hydrogen-bond donors (Lipinski definition) is 1. The molecule has 182 valence electrons. The summed E-state index contributed by atoms with van der Waals surface area (Å²) in [6, 6.07) is 6.78. The molecule has 0 aliphatic rings. The van der Waals surface area contributed by atoms with E-state index < -0.39 is 5.97 Å². The van der Waals surface area contributed by atoms with Gasteiger partial charge in [-0.15, -0.1) is 0 Å². The maximum atomic E-state index is 12.5. The number of methoxy groups -OCH3 is 3. The van der Waals surface area contributed by atoms with E-state index in [2.05, 4.69) is 19.2 Å². The predicted octanol–water partition coefficient (Wildman–Crippen LogP) is 5.85. The van der Waals surface area contributed by atoms with Crippen molar-refractivity contribution in [1.82, 2.24) is 5.32 Å². The molecule has 0 radical (unpaired) electrons. The smallest absolute Gasteiger partial charge is 0.341 e. The van der Waals surface area contributed by atoms with Crippen LogP contribution in [-0.2, 0) is 9.53 Å². The third kappa shape index (κ3) is 7.23. The van der Waals surface area contributed by atoms with Crippen molar-refractivity contribution in [2.24, 2.45) is 5.92 Å². The summed E-state index contributed by atoms with van der Waals surface area (Å²) >= 11 is 6.04. The lowest BCUT2D eigenvalue weighted by Gasteiger charge is -2.13. The molecule has 1 amide bonds. The van der Waals surface area contributed by atoms with Gasteiger partial charge < -0.3 is 23.9 Å². The molecular formula is C25H29NO6S2. The molecule has 0 fully saturated rings. The first kappa shape index (κ1) is 27.2. The Hall–Kier alpha value is -3.04. The Morgan fingerprint density at radius 2 is 1.97 bits per heavy atom. The number of rotatable bonds is 12. The molecule has 1 N–H and O–H groups in total. The molecule has 0 aliphatic carbocycles. The first-order valence-electron chi connectivity index (χ1n) is 10.6. The van der Waals surface area contributed by atoms with Crippen molar-refractivity contribution in [1.29, 1.82) is 0 Å². The number of esters is 1. The zero-order valence-electron chi connectivity index (χ0n) is 19.9. The van der Waals surface area contributed by atoms with Crippen LogP contribution in [0.3, 0.4) is 0 Å². The van der Waals surface area contributed by atoms with Crippen LogP contribution in [-0.4, -0.2) is 38.7 Å². The van der Waals surface area contributed by atoms with Gasteiger partial charge in [0.15, 0.2) is 11.5 Å². The number of thioether (sulfide) groups is 1. The molecule has 34 heavy (non-hydrogen) atoms. The molecule has 1 aromatic carbocycles. The highest BCUT2D eigenvalue weighted by molar-refractivity contribution is 8.06. The van der Waals surface area contributed by atoms with Gasteiger partial charge in [-0.05, 0) is 42.0 Å². The Morgan fingerprint density at radius 1 is 1.21 bits per heavy atom. The Kier molecular flexibility index (Phi) is 10.9. The average Bonchev–Trinajstić information content (AvgIpc) is 3.32. The molecule has 0 saturated carbocycles. The minimum atomic E-state index is -0.566. The lowest BCUT2D eigenvalue weighted by atomic mass is 10.1. The zero-order valence-corrected chi connectivity index (χ0v) is 21.5. The molecule has 2 aromatic rings. The second-order valence-corrected chi connectivity index (χ2v) is 8.47. The zero-order chi connectivity index (χ0) is 25.1. The van der Waals surface area contributed by atoms with Crippen LogP contribution in [0.5, 0.6) is 11.5 Å². The Bertz CT molecular complexity index is 1070. The summed E-state index contributed by atoms with van der Waals surface area (Å²) in [6.07, 6.45) is 5.70. The summed E-state index contributed by atoms with van der Waals surface area (Å²) in [6.45, 7) is 4.32. The number of hydrogen-bond acceptors (Lipinski definition) is 8. The Balaban J connectivity index is 2.39. The second-order valence-electron chi connectivity index (χ2n) is 7.29. The van der Waals surface area contributed by atoms with Crippen LogP contribution >= 0.6 is 24.0 Å². The van der Waals surface area contributed by atoms with Crippen molar-refractivity contribution >= 4 is 47.4 Å². The van der Waals surface area contributed by atoms with Gasteiger partial charge >= 0.3 is 5.97 Å². The number of benzene rings is 1. The first-order valence-corrected chi connectivity index (χ1v) is 12.0. The summed E-state index contributed by atoms with van der Waals surface area (Å²) in [7, 11) is 4.21. The van der Waals surface area contributed by atoms with Gasteiger partial charge in [0.05, 0.1) is 31.7 Å². The van der Waals surface area contributed by atoms with Gasteiger partial charge in [-0.1, -0.05) is 50.3 Å². The number of ether oxygens (including phenoxy) is 3. The third-order valence-corrected chi connectivity index (χ3v) is 6.01. The average molecular weight is 504 g/mol. The maximum absolute atomic E-state index is 12.5. The van der Waals surface area contributed by atoms with Crippen LogP contribution in [0.4, 0.5) is 0 Å². The molecule has 1 unspecified atom stereocenters. The van der Waals surface area contributed by atoms with Crippen LogP contribution in [0.1, 0.15) is 42.8 Å². The number of thiocarbonyl (C=S) groups is 1. The van der Waals surface area contributed by atoms with Crippen molar-refractivity contribution in [3.63, 3.8) is 0 Å². The summed E-state index contributed by atoms with van der Waals surface area (Å²) in [5.41, 5.74) is 1.96. The lowest BCUT2D eigenvalue weighted by molar-refractivity contribution is -0.115. The monoisotopic (exact) mass is 503 g/mol. The number of furan rings is 1. The van der Waals surface area contributed by atoms with Crippen molar-refractivity contribution in [3.8, 4) is 22.8 Å². The van der Waals surface area contributed by atoms with Crippen LogP contribution < -0.4 is 14.8 Å². The van der Waals surface area contributed by atoms with Gasteiger partial charge in [-0.3, -0.25) is 4.79 Å². The van der Waals surface area contributed by atoms with E-state index in [4.69, 9.17) is 30.8 Å². The number of carbonyl (C=O) groups is 2. The van der Waals surface area contributed by atoms with Crippen LogP contribution in [0.2, 0.25) is 0 Å². The van der Waals surface area contributed by atoms with Gasteiger partial charge in [-0.25, -0.2) is 4.79 Å². The molecule has 0 aliphatic heterocycles. The SMILES string of the molecule is CCC(C)C/C=C/S/C(=C\c1ccc(-c2cc(OC)c(OC)c(C(=O)OC)c2)o1)C(=O)NC=S. The fourth-order valence-electron chi connectivity index (χ4n) is 2.94. The highest BCUT2D eigenvalue weighted by Gasteiger charge is 2.21. The summed E-state index contributed by atoms with van der Waals surface area (Å²) in [5.74, 6) is 1.24. The fraction of sp³-hybridized carbons (Fsp3) is 0.320. The molecule has 0 bridgehead atoms. The van der Waals surface area contributed by atoms with Gasteiger partial charge in [0.25, 0.3) is 5.91 Å². The van der Waals surface area contributed by atoms with Gasteiger partial charge in [0, 0.05) is 11.6 Å². The number of nitrogens with one attached hydrogen (secondary N) is 1. The van der Waals surface area contributed by atoms with Gasteiger partial charge in [0.1, 0.15) is 17.1 Å². The van der Waals surface area contributed by atoms with E-state index in [0.29, 0.717) is 33.7 Å². The fourth-order valence-corrected chi connectivity index (χ4v) is 3.75. The van der Waals surface area contributed by atoms with E-state index in [1.54, 1.807) is 30.3 Å². The molecule has 0 spiro atoms. The highest BCUT2D eigenvalue weighted by atomic mass is 32.2. The lowest BCUT2D eigenvalue weighted by Crippen LogP contribution is -2.20. The van der Waals surface area contributed by atoms with E-state index >= 15 is 0 Å². The van der Waals surface area contributed by atoms with Crippen LogP contribution in [0.15, 0.2) is 45.1 Å². The van der Waals surface area contributed by atoms with E-state index in [0.717, 1.165) is 12.8 Å². The third-order valence-electron chi connectivity index (χ3n) is 5.01. The first-order chi connectivity index (χ1) is 16.4. The standard InChI is InChI=1S/C25H29NO6S2/c1-6-16(2)8-7-11-34-22(24(27)26-15-33)14-18-9-10-20(32-18)17-12-19(25(28)31-5)23(30-4)21(13-17)29-3/h7,9-16H,6,8H2,1-5H3,(H,26,27,33)/b11-7+,22-14-. The minimum absolute atomic E-state index is 0.205. The van der Waals surface area contributed by atoms with Crippen molar-refractivity contribution in [2.75, 3.05) is 21.3 Å². The molecule has 2 rings (SSSR count). The van der Waals surface area contributed by atoms with Crippen molar-refractivity contribution in [3.05, 3.63) is 52.0 Å². The molecule has 1 atom stereocenters. The topological polar surface area (TPSA) is 87.0 Å². The van der Waals surface area contributed by atoms with Gasteiger partial charge in [-0.2, -0.15) is 0 Å². The number of amides is 1. The predicted molar refractivity (Wildman–Crippen MR) is 139 cm³/mol. The Morgan fingerprint density at radius 3 is 2.59 bits per heavy atom. The molecular weight excluding hydrogens is 474 g/mol. The second kappa shape index (κ2) is 13.6. The van der Waals surface area contributed by atoms with E-state index in [1.165, 1.54) is 38.6 Å². The van der Waals surface area contributed by atoms with Crippen LogP contribution in [0, 0.1) is 5.92 Å². The highest BCUT2D eigenvalue weighted by Crippen LogP contribution is 2.37. The molecule has 1 heterocycles. The van der Waals surface area contributed by atoms with E-state index in [9.17, 15) is 9.59 Å². The van der Waals surface area contributed by atoms with Gasteiger partial charge in [0.2, 0.25) is 0 Å². The molecule has 0 saturated heterocycles. The van der Waals surface area contributed by atoms with Crippen molar-refractivity contribution in [2.45, 2.75) is 26.7 Å². The maximum Gasteiger partial charge on any atom is 0.341 e. The summed E-state index contributed by atoms with van der Waals surface area (Å²) < 4.78 is 21.5. The van der Waals surface area contributed by atoms with E-state index in [-0.39, 0.29) is 17.2 Å². The normalized spacial score (nSPS) is 12.3. The van der Waals surface area contributed by atoms with Crippen LogP contribution in [0.25, 0.3) is 17.4 Å².